The Morgan fingerprint density at radius 3 is 2.12 bits per heavy atom. The first kappa shape index (κ1) is 26.2. The molecule has 0 aliphatic rings. The van der Waals surface area contributed by atoms with Gasteiger partial charge >= 0.3 is 19.6 Å². The lowest BCUT2D eigenvalue weighted by Gasteiger charge is -2.19. The van der Waals surface area contributed by atoms with Gasteiger partial charge in [-0.3, -0.25) is 4.57 Å². The number of nitrogens with zero attached hydrogens (tertiary/aromatic N) is 5. The van der Waals surface area contributed by atoms with E-state index in [9.17, 15) is 23.0 Å². The van der Waals surface area contributed by atoms with Crippen LogP contribution >= 0.6 is 30.8 Å². The first-order valence-electron chi connectivity index (χ1n) is 9.09. The average molecular weight is 513 g/mol. The largest absolute Gasteiger partial charge is 0.416 e. The summed E-state index contributed by atoms with van der Waals surface area (Å²) in [5.41, 5.74) is -1.60. The van der Waals surface area contributed by atoms with Crippen molar-refractivity contribution in [2.24, 2.45) is 0 Å². The minimum Gasteiger partial charge on any atom is -0.305 e. The van der Waals surface area contributed by atoms with Crippen molar-refractivity contribution in [1.29, 1.82) is 5.26 Å². The Balaban J connectivity index is 2.99. The summed E-state index contributed by atoms with van der Waals surface area (Å²) < 4.78 is 66.1. The third kappa shape index (κ3) is 4.95. The predicted molar refractivity (Wildman–Crippen MR) is 115 cm³/mol. The van der Waals surface area contributed by atoms with Crippen molar-refractivity contribution in [2.75, 3.05) is 27.3 Å². The van der Waals surface area contributed by atoms with Gasteiger partial charge < -0.3 is 9.05 Å². The van der Waals surface area contributed by atoms with E-state index < -0.39 is 29.4 Å². The van der Waals surface area contributed by atoms with Crippen LogP contribution in [0.2, 0.25) is 10.0 Å². The van der Waals surface area contributed by atoms with E-state index in [2.05, 4.69) is 11.8 Å². The van der Waals surface area contributed by atoms with E-state index in [0.29, 0.717) is 12.1 Å². The topological polar surface area (TPSA) is 83.4 Å². The predicted octanol–water partition coefficient (Wildman–Crippen LogP) is 4.78. The van der Waals surface area contributed by atoms with Crippen LogP contribution in [0, 0.1) is 11.3 Å². The number of hydrazine groups is 1. The zero-order valence-corrected chi connectivity index (χ0v) is 20.0. The molecule has 0 atom stereocenters. The minimum atomic E-state index is -4.69. The van der Waals surface area contributed by atoms with Crippen molar-refractivity contribution in [3.05, 3.63) is 33.4 Å². The van der Waals surface area contributed by atoms with Gasteiger partial charge in [0.05, 0.1) is 35.5 Å². The summed E-state index contributed by atoms with van der Waals surface area (Å²) in [6.45, 7) is 6.97. The average Bonchev–Trinajstić information content (AvgIpc) is 3.06. The first-order valence-corrected chi connectivity index (χ1v) is 11.4. The van der Waals surface area contributed by atoms with Gasteiger partial charge in [-0.25, -0.2) is 5.01 Å². The van der Waals surface area contributed by atoms with Gasteiger partial charge in [-0.05, 0) is 26.0 Å². The lowest BCUT2D eigenvalue weighted by atomic mass is 10.2. The molecular formula is C18H20Cl2F3N5O3P+. The highest BCUT2D eigenvalue weighted by Crippen LogP contribution is 2.51. The zero-order valence-electron chi connectivity index (χ0n) is 17.6. The zero-order chi connectivity index (χ0) is 24.4. The van der Waals surface area contributed by atoms with Crippen LogP contribution in [0.15, 0.2) is 12.1 Å². The maximum atomic E-state index is 13.6. The standard InChI is InChI=1S/C18H20Cl2F3N5O3P/c1-6-30-32(29,31-7-2)16-14(10-24)25-28(17(16)27(5)26(3)4)15-12(19)8-11(9-13(15)20)18(21,22)23/h8-9H,5-7H2,1-4H3/q+1. The van der Waals surface area contributed by atoms with Gasteiger partial charge in [-0.2, -0.15) is 18.4 Å². The molecule has 0 saturated carbocycles. The number of hydrogen-bond acceptors (Lipinski definition) is 6. The fraction of sp³-hybridized carbons (Fsp3) is 0.389. The third-order valence-electron chi connectivity index (χ3n) is 4.10. The maximum absolute atomic E-state index is 13.6. The Hall–Kier alpha value is -2.09. The Kier molecular flexibility index (Phi) is 8.02. The second kappa shape index (κ2) is 9.81. The van der Waals surface area contributed by atoms with Gasteiger partial charge in [0.1, 0.15) is 6.07 Å². The highest BCUT2D eigenvalue weighted by molar-refractivity contribution is 7.62. The normalized spacial score (nSPS) is 12.0. The monoisotopic (exact) mass is 512 g/mol. The van der Waals surface area contributed by atoms with Crippen LogP contribution in [0.3, 0.4) is 0 Å². The number of halogens is 5. The van der Waals surface area contributed by atoms with E-state index in [1.807, 2.05) is 6.07 Å². The lowest BCUT2D eigenvalue weighted by Crippen LogP contribution is -2.28. The van der Waals surface area contributed by atoms with E-state index in [0.717, 1.165) is 4.68 Å². The first-order chi connectivity index (χ1) is 14.8. The van der Waals surface area contributed by atoms with Crippen molar-refractivity contribution < 1.29 is 31.5 Å². The smallest absolute Gasteiger partial charge is 0.305 e. The van der Waals surface area contributed by atoms with Gasteiger partial charge in [0.15, 0.2) is 11.0 Å². The number of hydrogen-bond donors (Lipinski definition) is 0. The van der Waals surface area contributed by atoms with E-state index in [1.54, 1.807) is 27.9 Å². The second-order valence-electron chi connectivity index (χ2n) is 6.41. The maximum Gasteiger partial charge on any atom is 0.416 e. The van der Waals surface area contributed by atoms with Gasteiger partial charge in [-0.15, -0.1) is 4.68 Å². The van der Waals surface area contributed by atoms with Crippen LogP contribution in [-0.4, -0.2) is 53.5 Å². The molecule has 2 rings (SSSR count). The van der Waals surface area contributed by atoms with Gasteiger partial charge in [0.25, 0.3) is 0 Å². The summed E-state index contributed by atoms with van der Waals surface area (Å²) in [5, 5.41) is 14.2. The molecule has 0 aliphatic carbocycles. The quantitative estimate of drug-likeness (QED) is 0.219. The highest BCUT2D eigenvalue weighted by atomic mass is 35.5. The van der Waals surface area contributed by atoms with Crippen LogP contribution < -0.4 is 5.30 Å². The van der Waals surface area contributed by atoms with Gasteiger partial charge in [-0.1, -0.05) is 33.0 Å². The molecule has 2 aromatic rings. The van der Waals surface area contributed by atoms with Crippen molar-refractivity contribution >= 4 is 48.6 Å². The van der Waals surface area contributed by atoms with Crippen molar-refractivity contribution in [2.45, 2.75) is 20.0 Å². The molecule has 32 heavy (non-hydrogen) atoms. The van der Waals surface area contributed by atoms with Gasteiger partial charge in [0, 0.05) is 14.1 Å². The third-order valence-corrected chi connectivity index (χ3v) is 6.83. The fourth-order valence-corrected chi connectivity index (χ4v) is 5.21. The molecule has 0 unspecified atom stereocenters. The van der Waals surface area contributed by atoms with Crippen molar-refractivity contribution in [3.63, 3.8) is 0 Å². The molecule has 0 spiro atoms. The molecule has 174 valence electrons. The molecule has 0 saturated heterocycles. The Labute approximate surface area is 192 Å². The molecule has 0 fully saturated rings. The number of hydrazone groups is 1. The Morgan fingerprint density at radius 1 is 1.25 bits per heavy atom. The van der Waals surface area contributed by atoms with E-state index >= 15 is 0 Å². The molecule has 8 nitrogen and oxygen atoms in total. The molecule has 1 heterocycles. The van der Waals surface area contributed by atoms with Crippen LogP contribution in [0.1, 0.15) is 25.1 Å². The molecule has 0 amide bonds. The van der Waals surface area contributed by atoms with Crippen molar-refractivity contribution in [1.82, 2.24) is 14.8 Å². The number of aromatic nitrogens is 2. The molecule has 0 radical (unpaired) electrons. The number of rotatable bonds is 8. The second-order valence-corrected chi connectivity index (χ2v) is 9.18. The van der Waals surface area contributed by atoms with Crippen LogP contribution in [0.5, 0.6) is 0 Å². The van der Waals surface area contributed by atoms with E-state index in [1.165, 1.54) is 9.69 Å². The molecule has 0 aliphatic heterocycles. The number of nitriles is 1. The van der Waals surface area contributed by atoms with Crippen LogP contribution in [0.4, 0.5) is 19.0 Å². The van der Waals surface area contributed by atoms with Crippen LogP contribution in [0.25, 0.3) is 5.69 Å². The summed E-state index contributed by atoms with van der Waals surface area (Å²) in [6, 6.07) is 3.16. The number of alkyl halides is 3. The lowest BCUT2D eigenvalue weighted by molar-refractivity contribution is -0.605. The summed E-state index contributed by atoms with van der Waals surface area (Å²) in [7, 11) is -0.932. The van der Waals surface area contributed by atoms with E-state index in [4.69, 9.17) is 32.2 Å². The SMILES string of the molecule is C=[N+](c1c(P(=O)(OCC)OCC)c(C#N)nn1-c1c(Cl)cc(C(F)(F)F)cc1Cl)N(C)C. The number of benzene rings is 1. The molecule has 0 N–H and O–H groups in total. The summed E-state index contributed by atoms with van der Waals surface area (Å²) >= 11 is 12.3. The Morgan fingerprint density at radius 2 is 1.75 bits per heavy atom. The summed E-state index contributed by atoms with van der Waals surface area (Å²) in [4.78, 5) is 0. The molecule has 1 aromatic heterocycles. The summed E-state index contributed by atoms with van der Waals surface area (Å²) in [6.07, 6.45) is -4.69. The minimum absolute atomic E-state index is 0.0202. The highest BCUT2D eigenvalue weighted by Gasteiger charge is 2.45. The molecular weight excluding hydrogens is 493 g/mol. The van der Waals surface area contributed by atoms with Crippen LogP contribution in [-0.2, 0) is 19.8 Å². The van der Waals surface area contributed by atoms with Gasteiger partial charge in [0.2, 0.25) is 5.69 Å². The van der Waals surface area contributed by atoms with Crippen molar-refractivity contribution in [3.8, 4) is 11.8 Å². The van der Waals surface area contributed by atoms with E-state index in [-0.39, 0.29) is 35.7 Å². The molecule has 14 heteroatoms. The fourth-order valence-electron chi connectivity index (χ4n) is 2.74. The Bertz CT molecular complexity index is 1100. The molecule has 1 aromatic carbocycles. The summed E-state index contributed by atoms with van der Waals surface area (Å²) in [5.74, 6) is -0.0830. The molecule has 0 bridgehead atoms.